The van der Waals surface area contributed by atoms with Crippen LogP contribution in [0, 0.1) is 22.9 Å². The van der Waals surface area contributed by atoms with Gasteiger partial charge in [0.2, 0.25) is 0 Å². The number of rotatable bonds is 6. The second kappa shape index (κ2) is 7.77. The molecule has 2 aromatic carbocycles. The zero-order valence-corrected chi connectivity index (χ0v) is 14.6. The van der Waals surface area contributed by atoms with Crippen molar-refractivity contribution >= 4 is 11.6 Å². The van der Waals surface area contributed by atoms with E-state index in [0.717, 1.165) is 5.56 Å². The first kappa shape index (κ1) is 18.2. The van der Waals surface area contributed by atoms with Gasteiger partial charge in [-0.05, 0) is 37.1 Å². The second-order valence-corrected chi connectivity index (χ2v) is 5.96. The quantitative estimate of drug-likeness (QED) is 0.534. The monoisotopic (exact) mass is 368 g/mol. The van der Waals surface area contributed by atoms with Crippen molar-refractivity contribution in [3.8, 4) is 5.69 Å². The van der Waals surface area contributed by atoms with E-state index in [0.29, 0.717) is 18.7 Å². The molecule has 8 heteroatoms. The van der Waals surface area contributed by atoms with Gasteiger partial charge in [-0.2, -0.15) is 5.10 Å². The minimum Gasteiger partial charge on any atom is -0.350 e. The average Bonchev–Trinajstić information content (AvgIpc) is 3.04. The van der Waals surface area contributed by atoms with Gasteiger partial charge >= 0.3 is 0 Å². The number of para-hydroxylation sites is 1. The van der Waals surface area contributed by atoms with Crippen LogP contribution >= 0.6 is 0 Å². The third-order valence-electron chi connectivity index (χ3n) is 4.05. The molecule has 0 atom stereocenters. The second-order valence-electron chi connectivity index (χ2n) is 5.96. The molecule has 27 heavy (non-hydrogen) atoms. The zero-order chi connectivity index (χ0) is 19.4. The number of aromatic nitrogens is 2. The van der Waals surface area contributed by atoms with Crippen LogP contribution in [0.5, 0.6) is 0 Å². The van der Waals surface area contributed by atoms with Gasteiger partial charge in [0, 0.05) is 24.4 Å². The fraction of sp³-hybridized carbons (Fsp3) is 0.158. The van der Waals surface area contributed by atoms with Gasteiger partial charge in [0.1, 0.15) is 11.5 Å². The van der Waals surface area contributed by atoms with Crippen molar-refractivity contribution in [2.45, 2.75) is 13.3 Å². The van der Waals surface area contributed by atoms with Gasteiger partial charge in [-0.25, -0.2) is 9.07 Å². The lowest BCUT2D eigenvalue weighted by atomic mass is 10.1. The van der Waals surface area contributed by atoms with Gasteiger partial charge in [-0.1, -0.05) is 24.3 Å². The lowest BCUT2D eigenvalue weighted by Gasteiger charge is -2.05. The molecule has 0 spiro atoms. The van der Waals surface area contributed by atoms with E-state index in [1.54, 1.807) is 43.3 Å². The fourth-order valence-electron chi connectivity index (χ4n) is 2.65. The van der Waals surface area contributed by atoms with Crippen LogP contribution in [0.3, 0.4) is 0 Å². The number of hydrogen-bond donors (Lipinski definition) is 1. The van der Waals surface area contributed by atoms with Crippen molar-refractivity contribution in [1.82, 2.24) is 15.1 Å². The number of nitro groups is 1. The molecule has 0 saturated carbocycles. The summed E-state index contributed by atoms with van der Waals surface area (Å²) in [5.41, 5.74) is 2.01. The lowest BCUT2D eigenvalue weighted by Crippen LogP contribution is -2.26. The van der Waals surface area contributed by atoms with Gasteiger partial charge in [-0.15, -0.1) is 0 Å². The maximum atomic E-state index is 13.9. The number of nitrogens with one attached hydrogen (secondary N) is 1. The number of halogens is 1. The number of carbonyl (C=O) groups excluding carboxylic acids is 1. The molecule has 0 bridgehead atoms. The molecule has 0 fully saturated rings. The number of benzene rings is 2. The van der Waals surface area contributed by atoms with Crippen LogP contribution in [0.2, 0.25) is 0 Å². The summed E-state index contributed by atoms with van der Waals surface area (Å²) in [6.07, 6.45) is 0.525. The van der Waals surface area contributed by atoms with E-state index in [4.69, 9.17) is 0 Å². The van der Waals surface area contributed by atoms with Crippen LogP contribution in [-0.2, 0) is 6.42 Å². The summed E-state index contributed by atoms with van der Waals surface area (Å²) < 4.78 is 15.3. The number of non-ortho nitro benzene ring substituents is 1. The highest BCUT2D eigenvalue weighted by molar-refractivity contribution is 5.92. The largest absolute Gasteiger partial charge is 0.350 e. The summed E-state index contributed by atoms with van der Waals surface area (Å²) in [4.78, 5) is 22.5. The smallest absolute Gasteiger partial charge is 0.271 e. The first-order chi connectivity index (χ1) is 13.0. The van der Waals surface area contributed by atoms with E-state index in [2.05, 4.69) is 10.4 Å². The van der Waals surface area contributed by atoms with Gasteiger partial charge < -0.3 is 5.32 Å². The molecule has 0 aliphatic heterocycles. The van der Waals surface area contributed by atoms with Gasteiger partial charge in [0.15, 0.2) is 5.69 Å². The topological polar surface area (TPSA) is 90.1 Å². The molecule has 1 aromatic heterocycles. The Kier molecular flexibility index (Phi) is 5.25. The predicted molar refractivity (Wildman–Crippen MR) is 97.4 cm³/mol. The van der Waals surface area contributed by atoms with E-state index in [9.17, 15) is 19.3 Å². The summed E-state index contributed by atoms with van der Waals surface area (Å²) >= 11 is 0. The Hall–Kier alpha value is -3.55. The third-order valence-corrected chi connectivity index (χ3v) is 4.05. The van der Waals surface area contributed by atoms with Crippen molar-refractivity contribution in [2.24, 2.45) is 0 Å². The Morgan fingerprint density at radius 3 is 2.59 bits per heavy atom. The molecular weight excluding hydrogens is 351 g/mol. The number of nitro benzene ring substituents is 1. The molecule has 3 rings (SSSR count). The van der Waals surface area contributed by atoms with Crippen molar-refractivity contribution in [3.63, 3.8) is 0 Å². The average molecular weight is 368 g/mol. The van der Waals surface area contributed by atoms with Crippen LogP contribution < -0.4 is 5.32 Å². The molecule has 7 nitrogen and oxygen atoms in total. The highest BCUT2D eigenvalue weighted by Gasteiger charge is 2.15. The van der Waals surface area contributed by atoms with Crippen LogP contribution in [0.4, 0.5) is 10.1 Å². The number of carbonyl (C=O) groups is 1. The Morgan fingerprint density at radius 2 is 1.93 bits per heavy atom. The summed E-state index contributed by atoms with van der Waals surface area (Å²) in [7, 11) is 0. The van der Waals surface area contributed by atoms with Crippen molar-refractivity contribution in [3.05, 3.63) is 87.5 Å². The Morgan fingerprint density at radius 1 is 1.22 bits per heavy atom. The van der Waals surface area contributed by atoms with Crippen LogP contribution in [0.1, 0.15) is 21.7 Å². The molecular formula is C19H17FN4O3. The lowest BCUT2D eigenvalue weighted by molar-refractivity contribution is -0.384. The number of nitrogens with zero attached hydrogens (tertiary/aromatic N) is 3. The Labute approximate surface area is 154 Å². The number of aryl methyl sites for hydroxylation is 1. The van der Waals surface area contributed by atoms with E-state index < -0.39 is 10.7 Å². The molecule has 0 aliphatic rings. The van der Waals surface area contributed by atoms with Crippen LogP contribution in [0.25, 0.3) is 5.69 Å². The van der Waals surface area contributed by atoms with Gasteiger partial charge in [0.05, 0.1) is 4.92 Å². The maximum Gasteiger partial charge on any atom is 0.271 e. The van der Waals surface area contributed by atoms with Gasteiger partial charge in [-0.3, -0.25) is 14.9 Å². The minimum absolute atomic E-state index is 0.0249. The Balaban J connectivity index is 1.63. The molecule has 0 radical (unpaired) electrons. The molecule has 0 aliphatic carbocycles. The highest BCUT2D eigenvalue weighted by Crippen LogP contribution is 2.16. The molecule has 1 N–H and O–H groups in total. The van der Waals surface area contributed by atoms with Crippen molar-refractivity contribution in [1.29, 1.82) is 0 Å². The van der Waals surface area contributed by atoms with Crippen LogP contribution in [0.15, 0.2) is 54.6 Å². The van der Waals surface area contributed by atoms with Gasteiger partial charge in [0.25, 0.3) is 11.6 Å². The third kappa shape index (κ3) is 4.17. The molecule has 1 heterocycles. The van der Waals surface area contributed by atoms with E-state index in [1.807, 2.05) is 0 Å². The van der Waals surface area contributed by atoms with E-state index >= 15 is 0 Å². The van der Waals surface area contributed by atoms with Crippen molar-refractivity contribution < 1.29 is 14.1 Å². The molecule has 1 amide bonds. The first-order valence-electron chi connectivity index (χ1n) is 8.29. The van der Waals surface area contributed by atoms with E-state index in [-0.39, 0.29) is 23.0 Å². The number of hydrogen-bond acceptors (Lipinski definition) is 4. The van der Waals surface area contributed by atoms with Crippen molar-refractivity contribution in [2.75, 3.05) is 6.54 Å². The molecule has 3 aromatic rings. The van der Waals surface area contributed by atoms with E-state index in [1.165, 1.54) is 22.9 Å². The molecule has 0 saturated heterocycles. The summed E-state index contributed by atoms with van der Waals surface area (Å²) in [6, 6.07) is 14.0. The van der Waals surface area contributed by atoms with Crippen LogP contribution in [-0.4, -0.2) is 27.2 Å². The SMILES string of the molecule is Cc1cc(C(=O)NCCc2ccc([N+](=O)[O-])cc2)nn1-c1ccccc1F. The normalized spacial score (nSPS) is 10.6. The standard InChI is InChI=1S/C19H17FN4O3/c1-13-12-17(22-23(13)18-5-3-2-4-16(18)20)19(25)21-11-10-14-6-8-15(9-7-14)24(26)27/h2-9,12H,10-11H2,1H3,(H,21,25). The zero-order valence-electron chi connectivity index (χ0n) is 14.6. The molecule has 0 unspecified atom stereocenters. The fourth-order valence-corrected chi connectivity index (χ4v) is 2.65. The molecule has 138 valence electrons. The maximum absolute atomic E-state index is 13.9. The summed E-state index contributed by atoms with van der Waals surface area (Å²) in [5, 5.41) is 17.6. The Bertz CT molecular complexity index is 983. The highest BCUT2D eigenvalue weighted by atomic mass is 19.1. The predicted octanol–water partition coefficient (Wildman–Crippen LogP) is 3.20. The summed E-state index contributed by atoms with van der Waals surface area (Å²) in [5.74, 6) is -0.788. The number of amides is 1. The first-order valence-corrected chi connectivity index (χ1v) is 8.29. The minimum atomic E-state index is -0.459. The summed E-state index contributed by atoms with van der Waals surface area (Å²) in [6.45, 7) is 2.09.